The Labute approximate surface area is 232 Å². The molecule has 1 unspecified atom stereocenters. The van der Waals surface area contributed by atoms with Gasteiger partial charge in [-0.2, -0.15) is 4.98 Å². The number of aromatic nitrogens is 7. The smallest absolute Gasteiger partial charge is 0.325 e. The summed E-state index contributed by atoms with van der Waals surface area (Å²) >= 11 is 5.17. The molecule has 0 saturated carbocycles. The van der Waals surface area contributed by atoms with Crippen molar-refractivity contribution in [2.24, 2.45) is 0 Å². The van der Waals surface area contributed by atoms with Crippen LogP contribution in [0.1, 0.15) is 18.9 Å². The lowest BCUT2D eigenvalue weighted by Gasteiger charge is -2.25. The Morgan fingerprint density at radius 1 is 1.22 bits per heavy atom. The van der Waals surface area contributed by atoms with Gasteiger partial charge < -0.3 is 48.9 Å². The van der Waals surface area contributed by atoms with E-state index in [1.54, 1.807) is 0 Å². The summed E-state index contributed by atoms with van der Waals surface area (Å²) in [5.41, 5.74) is 4.87. The lowest BCUT2D eigenvalue weighted by atomic mass is 10.1. The summed E-state index contributed by atoms with van der Waals surface area (Å²) in [5.74, 6) is -0.163. The Hall–Kier alpha value is -3.13. The third kappa shape index (κ3) is 5.09. The Morgan fingerprint density at radius 2 is 2.02 bits per heavy atom. The predicted molar refractivity (Wildman–Crippen MR) is 141 cm³/mol. The summed E-state index contributed by atoms with van der Waals surface area (Å²) in [7, 11) is 0. The molecule has 8 atom stereocenters. The SMILES string of the molecule is Nc1nc2c(ncn2[C@@H]2O[C@H](CO)C[C@H]2OP(O)(=S)OC[C@H]2O[C@@H](n3ccc4c(=O)[nH]cnc43)[C@@H](F)[C@@H]2O)c(=O)[nH]1. The third-order valence-electron chi connectivity index (χ3n) is 6.83. The Bertz CT molecular complexity index is 1760. The van der Waals surface area contributed by atoms with E-state index in [2.05, 4.69) is 24.9 Å². The number of aromatic amines is 2. The Kier molecular flexibility index (Phi) is 7.25. The van der Waals surface area contributed by atoms with Crippen molar-refractivity contribution in [2.45, 2.75) is 49.5 Å². The highest BCUT2D eigenvalue weighted by Crippen LogP contribution is 2.50. The van der Waals surface area contributed by atoms with Crippen LogP contribution >= 0.6 is 6.72 Å². The number of alkyl halides is 1. The predicted octanol–water partition coefficient (Wildman–Crippen LogP) is -1.07. The molecule has 7 N–H and O–H groups in total. The van der Waals surface area contributed by atoms with Gasteiger partial charge in [0.25, 0.3) is 11.1 Å². The number of aliphatic hydroxyl groups is 2. The van der Waals surface area contributed by atoms with Crippen LogP contribution in [-0.2, 0) is 30.3 Å². The van der Waals surface area contributed by atoms with Gasteiger partial charge in [-0.05, 0) is 17.9 Å². The summed E-state index contributed by atoms with van der Waals surface area (Å²) in [5, 5.41) is 20.4. The number of aliphatic hydroxyl groups excluding tert-OH is 2. The molecule has 17 nitrogen and oxygen atoms in total. The van der Waals surface area contributed by atoms with Gasteiger partial charge in [-0.3, -0.25) is 19.1 Å². The minimum atomic E-state index is -4.07. The average molecular weight is 615 g/mol. The van der Waals surface area contributed by atoms with Gasteiger partial charge in [0, 0.05) is 12.6 Å². The Balaban J connectivity index is 1.17. The molecular formula is C21H24FN8O9PS. The summed E-state index contributed by atoms with van der Waals surface area (Å²) in [6.07, 6.45) is -5.01. The van der Waals surface area contributed by atoms with Crippen molar-refractivity contribution in [3.8, 4) is 0 Å². The van der Waals surface area contributed by atoms with E-state index < -0.39 is 67.5 Å². The number of imidazole rings is 1. The number of rotatable bonds is 8. The maximum Gasteiger partial charge on any atom is 0.325 e. The molecule has 6 rings (SSSR count). The fourth-order valence-corrected chi connectivity index (χ4v) is 6.37. The minimum Gasteiger partial charge on any atom is -0.394 e. The second kappa shape index (κ2) is 10.6. The van der Waals surface area contributed by atoms with Crippen LogP contribution in [-0.4, -0.2) is 93.0 Å². The molecular weight excluding hydrogens is 590 g/mol. The normalized spacial score (nSPS) is 29.9. The minimum absolute atomic E-state index is 0.0216. The van der Waals surface area contributed by atoms with Crippen molar-refractivity contribution in [2.75, 3.05) is 18.9 Å². The summed E-state index contributed by atoms with van der Waals surface area (Å²) < 4.78 is 40.3. The van der Waals surface area contributed by atoms with Crippen molar-refractivity contribution in [1.29, 1.82) is 0 Å². The van der Waals surface area contributed by atoms with Crippen LogP contribution < -0.4 is 16.9 Å². The van der Waals surface area contributed by atoms with E-state index in [0.717, 1.165) is 6.33 Å². The highest BCUT2D eigenvalue weighted by molar-refractivity contribution is 8.07. The zero-order valence-corrected chi connectivity index (χ0v) is 22.5. The molecule has 2 aliphatic rings. The zero-order chi connectivity index (χ0) is 29.1. The molecule has 0 radical (unpaired) electrons. The van der Waals surface area contributed by atoms with Gasteiger partial charge in [0.1, 0.15) is 24.0 Å². The van der Waals surface area contributed by atoms with Crippen molar-refractivity contribution in [3.63, 3.8) is 0 Å². The molecule has 4 aromatic heterocycles. The summed E-state index contributed by atoms with van der Waals surface area (Å²) in [4.78, 5) is 51.9. The second-order valence-electron chi connectivity index (χ2n) is 9.44. The molecule has 6 heterocycles. The number of hydrogen-bond acceptors (Lipinski definition) is 13. The van der Waals surface area contributed by atoms with Crippen molar-refractivity contribution in [3.05, 3.63) is 45.6 Å². The first kappa shape index (κ1) is 28.0. The van der Waals surface area contributed by atoms with E-state index in [1.807, 2.05) is 0 Å². The summed E-state index contributed by atoms with van der Waals surface area (Å²) in [6.45, 7) is -5.00. The van der Waals surface area contributed by atoms with Crippen molar-refractivity contribution in [1.82, 2.24) is 34.1 Å². The number of H-pyrrole nitrogens is 2. The molecule has 0 aromatic carbocycles. The van der Waals surface area contributed by atoms with Crippen LogP contribution in [0.15, 0.2) is 34.5 Å². The maximum absolute atomic E-state index is 15.1. The van der Waals surface area contributed by atoms with Gasteiger partial charge in [0.05, 0.1) is 37.4 Å². The quantitative estimate of drug-likeness (QED) is 0.130. The summed E-state index contributed by atoms with van der Waals surface area (Å²) in [6, 6.07) is 1.44. The molecule has 20 heteroatoms. The standard InChI is InChI=1S/C21H24FN8O9PS/c22-12-14(32)11(38-20(12)29-2-1-9-15(29)24-6-25-17(9)33)5-36-40(35,41)39-10-3-8(4-31)37-19(10)30-7-26-13-16(30)27-21(23)28-18(13)34/h1-2,6-8,10-12,14,19-20,31-32H,3-5H2,(H,35,41)(H,24,25,33)(H3,23,27,28,34)/t8-,10+,11+,12-,14+,19+,20+,40?/m0/s1. The molecule has 0 bridgehead atoms. The van der Waals surface area contributed by atoms with Crippen LogP contribution in [0.4, 0.5) is 10.3 Å². The Morgan fingerprint density at radius 3 is 2.80 bits per heavy atom. The molecule has 220 valence electrons. The highest BCUT2D eigenvalue weighted by Gasteiger charge is 2.47. The van der Waals surface area contributed by atoms with Gasteiger partial charge in [0.2, 0.25) is 5.95 Å². The van der Waals surface area contributed by atoms with Gasteiger partial charge >= 0.3 is 6.72 Å². The fourth-order valence-electron chi connectivity index (χ4n) is 4.92. The monoisotopic (exact) mass is 614 g/mol. The lowest BCUT2D eigenvalue weighted by molar-refractivity contribution is -0.0551. The molecule has 0 aliphatic carbocycles. The number of fused-ring (bicyclic) bond motifs is 2. The second-order valence-corrected chi connectivity index (χ2v) is 12.2. The topological polar surface area (TPSA) is 238 Å². The van der Waals surface area contributed by atoms with Crippen LogP contribution in [0.25, 0.3) is 22.2 Å². The number of nitrogens with one attached hydrogen (secondary N) is 2. The van der Waals surface area contributed by atoms with Crippen LogP contribution in [0.2, 0.25) is 0 Å². The van der Waals surface area contributed by atoms with Crippen LogP contribution in [0.5, 0.6) is 0 Å². The largest absolute Gasteiger partial charge is 0.394 e. The van der Waals surface area contributed by atoms with E-state index in [1.165, 1.54) is 27.7 Å². The highest BCUT2D eigenvalue weighted by atomic mass is 32.5. The average Bonchev–Trinajstić information content (AvgIpc) is 3.69. The molecule has 41 heavy (non-hydrogen) atoms. The fraction of sp³-hybridized carbons (Fsp3) is 0.476. The maximum atomic E-state index is 15.1. The van der Waals surface area contributed by atoms with Crippen molar-refractivity contribution < 1.29 is 38.0 Å². The third-order valence-corrected chi connectivity index (χ3v) is 8.41. The van der Waals surface area contributed by atoms with Gasteiger partial charge in [0.15, 0.2) is 29.8 Å². The molecule has 4 aromatic rings. The van der Waals surface area contributed by atoms with E-state index in [-0.39, 0.29) is 41.2 Å². The first-order valence-electron chi connectivity index (χ1n) is 12.2. The van der Waals surface area contributed by atoms with E-state index in [4.69, 9.17) is 36.1 Å². The van der Waals surface area contributed by atoms with Gasteiger partial charge in [-0.1, -0.05) is 0 Å². The number of nitrogen functional groups attached to an aromatic ring is 1. The molecule has 0 amide bonds. The van der Waals surface area contributed by atoms with E-state index in [9.17, 15) is 24.7 Å². The first-order chi connectivity index (χ1) is 19.6. The molecule has 2 aliphatic heterocycles. The first-order valence-corrected chi connectivity index (χ1v) is 14.8. The number of halogens is 1. The number of anilines is 1. The molecule has 2 fully saturated rings. The number of nitrogens with zero attached hydrogens (tertiary/aromatic N) is 5. The van der Waals surface area contributed by atoms with E-state index in [0.29, 0.717) is 0 Å². The van der Waals surface area contributed by atoms with E-state index >= 15 is 4.39 Å². The zero-order valence-electron chi connectivity index (χ0n) is 20.8. The number of ether oxygens (including phenoxy) is 2. The lowest BCUT2D eigenvalue weighted by Crippen LogP contribution is -2.31. The van der Waals surface area contributed by atoms with Gasteiger partial charge in [-0.15, -0.1) is 0 Å². The number of hydrogen-bond donors (Lipinski definition) is 6. The van der Waals surface area contributed by atoms with Crippen LogP contribution in [0, 0.1) is 0 Å². The number of nitrogens with two attached hydrogens (primary N) is 1. The van der Waals surface area contributed by atoms with Crippen LogP contribution in [0.3, 0.4) is 0 Å². The van der Waals surface area contributed by atoms with Crippen molar-refractivity contribution >= 4 is 46.7 Å². The molecule has 0 spiro atoms. The molecule has 2 saturated heterocycles. The van der Waals surface area contributed by atoms with Gasteiger partial charge in [-0.25, -0.2) is 14.4 Å².